The van der Waals surface area contributed by atoms with Crippen molar-refractivity contribution in [2.24, 2.45) is 11.8 Å². The molecule has 0 aliphatic heterocycles. The Kier molecular flexibility index (Phi) is 2.04. The molecule has 1 N–H and O–H groups in total. The van der Waals surface area contributed by atoms with Gasteiger partial charge in [0.05, 0.1) is 5.60 Å². The first-order valence-corrected chi connectivity index (χ1v) is 4.21. The summed E-state index contributed by atoms with van der Waals surface area (Å²) < 4.78 is 0. The van der Waals surface area contributed by atoms with Crippen molar-refractivity contribution in [1.29, 1.82) is 0 Å². The first-order valence-electron chi connectivity index (χ1n) is 4.21. The molecular weight excluding hydrogens is 124 g/mol. The summed E-state index contributed by atoms with van der Waals surface area (Å²) in [7, 11) is 0. The molecular formula is C9H18O. The molecule has 1 fully saturated rings. The van der Waals surface area contributed by atoms with E-state index in [2.05, 4.69) is 6.92 Å². The van der Waals surface area contributed by atoms with Crippen LogP contribution >= 0.6 is 0 Å². The summed E-state index contributed by atoms with van der Waals surface area (Å²) in [4.78, 5) is 0. The van der Waals surface area contributed by atoms with Crippen molar-refractivity contribution in [1.82, 2.24) is 0 Å². The second-order valence-corrected chi connectivity index (χ2v) is 4.33. The highest BCUT2D eigenvalue weighted by molar-refractivity contribution is 4.82. The zero-order valence-electron chi connectivity index (χ0n) is 7.22. The molecule has 1 aliphatic rings. The van der Waals surface area contributed by atoms with Gasteiger partial charge in [-0.15, -0.1) is 0 Å². The van der Waals surface area contributed by atoms with Crippen molar-refractivity contribution < 1.29 is 5.11 Å². The lowest BCUT2D eigenvalue weighted by Gasteiger charge is -2.21. The highest BCUT2D eigenvalue weighted by Gasteiger charge is 2.31. The van der Waals surface area contributed by atoms with E-state index in [-0.39, 0.29) is 0 Å². The standard InChI is InChI=1S/C9H18O/c1-7(8-4-5-8)6-9(2,3)10/h7-8,10H,4-6H2,1-3H3. The lowest BCUT2D eigenvalue weighted by molar-refractivity contribution is 0.0519. The van der Waals surface area contributed by atoms with E-state index in [0.29, 0.717) is 0 Å². The number of hydrogen-bond acceptors (Lipinski definition) is 1. The van der Waals surface area contributed by atoms with Crippen LogP contribution < -0.4 is 0 Å². The molecule has 1 atom stereocenters. The van der Waals surface area contributed by atoms with Gasteiger partial charge in [0, 0.05) is 0 Å². The van der Waals surface area contributed by atoms with Gasteiger partial charge in [0.2, 0.25) is 0 Å². The van der Waals surface area contributed by atoms with E-state index < -0.39 is 5.60 Å². The zero-order valence-corrected chi connectivity index (χ0v) is 7.22. The van der Waals surface area contributed by atoms with Crippen LogP contribution in [0.5, 0.6) is 0 Å². The largest absolute Gasteiger partial charge is 0.390 e. The topological polar surface area (TPSA) is 20.2 Å². The molecule has 0 aromatic rings. The fourth-order valence-electron chi connectivity index (χ4n) is 1.62. The van der Waals surface area contributed by atoms with Crippen LogP contribution in [0.4, 0.5) is 0 Å². The zero-order chi connectivity index (χ0) is 7.78. The molecule has 1 saturated carbocycles. The molecule has 1 unspecified atom stereocenters. The van der Waals surface area contributed by atoms with Gasteiger partial charge in [-0.2, -0.15) is 0 Å². The van der Waals surface area contributed by atoms with Crippen molar-refractivity contribution in [3.63, 3.8) is 0 Å². The third kappa shape index (κ3) is 2.70. The van der Waals surface area contributed by atoms with Gasteiger partial charge in [0.1, 0.15) is 0 Å². The highest BCUT2D eigenvalue weighted by Crippen LogP contribution is 2.39. The quantitative estimate of drug-likeness (QED) is 0.640. The second-order valence-electron chi connectivity index (χ2n) is 4.33. The summed E-state index contributed by atoms with van der Waals surface area (Å²) in [5.74, 6) is 1.64. The van der Waals surface area contributed by atoms with Gasteiger partial charge in [0.25, 0.3) is 0 Å². The minimum absolute atomic E-state index is 0.456. The number of rotatable bonds is 3. The third-order valence-electron chi connectivity index (χ3n) is 2.25. The van der Waals surface area contributed by atoms with E-state index in [4.69, 9.17) is 0 Å². The third-order valence-corrected chi connectivity index (χ3v) is 2.25. The first kappa shape index (κ1) is 8.06. The summed E-state index contributed by atoms with van der Waals surface area (Å²) in [6.45, 7) is 6.04. The van der Waals surface area contributed by atoms with Crippen LogP contribution in [0.3, 0.4) is 0 Å². The molecule has 0 heterocycles. The summed E-state index contributed by atoms with van der Waals surface area (Å²) in [6, 6.07) is 0. The van der Waals surface area contributed by atoms with E-state index in [9.17, 15) is 5.11 Å². The Labute approximate surface area is 63.4 Å². The van der Waals surface area contributed by atoms with Crippen LogP contribution in [-0.4, -0.2) is 10.7 Å². The Morgan fingerprint density at radius 1 is 1.50 bits per heavy atom. The Morgan fingerprint density at radius 3 is 2.30 bits per heavy atom. The van der Waals surface area contributed by atoms with Gasteiger partial charge in [-0.1, -0.05) is 6.92 Å². The summed E-state index contributed by atoms with van der Waals surface area (Å²) >= 11 is 0. The van der Waals surface area contributed by atoms with Crippen LogP contribution in [0.25, 0.3) is 0 Å². The monoisotopic (exact) mass is 142 g/mol. The maximum atomic E-state index is 9.46. The van der Waals surface area contributed by atoms with Gasteiger partial charge >= 0.3 is 0 Å². The molecule has 60 valence electrons. The molecule has 0 aromatic carbocycles. The Hall–Kier alpha value is -0.0400. The molecule has 0 saturated heterocycles. The van der Waals surface area contributed by atoms with Crippen molar-refractivity contribution in [2.75, 3.05) is 0 Å². The van der Waals surface area contributed by atoms with Gasteiger partial charge < -0.3 is 5.11 Å². The SMILES string of the molecule is CC(CC(C)(C)O)C1CC1. The van der Waals surface area contributed by atoms with E-state index >= 15 is 0 Å². The van der Waals surface area contributed by atoms with Gasteiger partial charge in [0.15, 0.2) is 0 Å². The van der Waals surface area contributed by atoms with Gasteiger partial charge in [-0.3, -0.25) is 0 Å². The smallest absolute Gasteiger partial charge is 0.0594 e. The molecule has 1 heteroatoms. The van der Waals surface area contributed by atoms with E-state index in [1.54, 1.807) is 0 Å². The highest BCUT2D eigenvalue weighted by atomic mass is 16.3. The Bertz CT molecular complexity index is 108. The predicted octanol–water partition coefficient (Wildman–Crippen LogP) is 2.19. The fraction of sp³-hybridized carbons (Fsp3) is 1.00. The maximum absolute atomic E-state index is 9.46. The molecule has 10 heavy (non-hydrogen) atoms. The van der Waals surface area contributed by atoms with Crippen molar-refractivity contribution in [2.45, 2.75) is 45.6 Å². The normalized spacial score (nSPS) is 22.8. The minimum atomic E-state index is -0.456. The Morgan fingerprint density at radius 2 is 2.00 bits per heavy atom. The van der Waals surface area contributed by atoms with Gasteiger partial charge in [-0.05, 0) is 44.9 Å². The van der Waals surface area contributed by atoms with E-state index in [1.807, 2.05) is 13.8 Å². The predicted molar refractivity (Wildman–Crippen MR) is 42.8 cm³/mol. The second kappa shape index (κ2) is 2.54. The first-order chi connectivity index (χ1) is 4.49. The summed E-state index contributed by atoms with van der Waals surface area (Å²) in [6.07, 6.45) is 3.73. The number of aliphatic hydroxyl groups is 1. The van der Waals surface area contributed by atoms with Crippen molar-refractivity contribution >= 4 is 0 Å². The summed E-state index contributed by atoms with van der Waals surface area (Å²) in [5, 5.41) is 9.46. The van der Waals surface area contributed by atoms with Crippen LogP contribution in [0.15, 0.2) is 0 Å². The van der Waals surface area contributed by atoms with Gasteiger partial charge in [-0.25, -0.2) is 0 Å². The Balaban J connectivity index is 2.23. The van der Waals surface area contributed by atoms with E-state index in [0.717, 1.165) is 18.3 Å². The lowest BCUT2D eigenvalue weighted by Crippen LogP contribution is -2.22. The lowest BCUT2D eigenvalue weighted by atomic mass is 9.92. The molecule has 0 amide bonds. The molecule has 0 radical (unpaired) electrons. The molecule has 1 rings (SSSR count). The average molecular weight is 142 g/mol. The van der Waals surface area contributed by atoms with Crippen LogP contribution in [0.2, 0.25) is 0 Å². The van der Waals surface area contributed by atoms with Crippen LogP contribution in [0.1, 0.15) is 40.0 Å². The molecule has 1 aliphatic carbocycles. The number of hydrogen-bond donors (Lipinski definition) is 1. The average Bonchev–Trinajstić information content (AvgIpc) is 2.35. The van der Waals surface area contributed by atoms with E-state index in [1.165, 1.54) is 12.8 Å². The molecule has 0 spiro atoms. The van der Waals surface area contributed by atoms with Crippen LogP contribution in [-0.2, 0) is 0 Å². The molecule has 1 nitrogen and oxygen atoms in total. The fourth-order valence-corrected chi connectivity index (χ4v) is 1.62. The van der Waals surface area contributed by atoms with Crippen molar-refractivity contribution in [3.05, 3.63) is 0 Å². The van der Waals surface area contributed by atoms with Crippen molar-refractivity contribution in [3.8, 4) is 0 Å². The maximum Gasteiger partial charge on any atom is 0.0594 e. The summed E-state index contributed by atoms with van der Waals surface area (Å²) in [5.41, 5.74) is -0.456. The molecule has 0 bridgehead atoms. The minimum Gasteiger partial charge on any atom is -0.390 e. The molecule has 0 aromatic heterocycles. The van der Waals surface area contributed by atoms with Crippen LogP contribution in [0, 0.1) is 11.8 Å².